The summed E-state index contributed by atoms with van der Waals surface area (Å²) in [5.74, 6) is 0.361. The second-order valence-electron chi connectivity index (χ2n) is 4.79. The van der Waals surface area contributed by atoms with Gasteiger partial charge in [0.05, 0.1) is 0 Å². The van der Waals surface area contributed by atoms with Crippen molar-refractivity contribution in [2.24, 2.45) is 5.73 Å². The number of nitrogens with two attached hydrogens (primary N) is 1. The lowest BCUT2D eigenvalue weighted by molar-refractivity contribution is 0.250. The molecule has 0 atom stereocenters. The number of phenolic OH excluding ortho intramolecular Hbond substituents is 1. The molecule has 2 nitrogen and oxygen atoms in total. The highest BCUT2D eigenvalue weighted by Gasteiger charge is 2.39. The lowest BCUT2D eigenvalue weighted by Crippen LogP contribution is -2.42. The predicted octanol–water partition coefficient (Wildman–Crippen LogP) is 2.39. The fraction of sp³-hybridized carbons (Fsp3) is 0.538. The van der Waals surface area contributed by atoms with Crippen LogP contribution in [0.25, 0.3) is 0 Å². The highest BCUT2D eigenvalue weighted by atomic mass is 16.3. The van der Waals surface area contributed by atoms with E-state index in [1.54, 1.807) is 0 Å². The first kappa shape index (κ1) is 10.5. The normalized spacial score (nSPS) is 18.6. The third-order valence-corrected chi connectivity index (χ3v) is 3.75. The molecular weight excluding hydrogens is 186 g/mol. The van der Waals surface area contributed by atoms with E-state index in [0.717, 1.165) is 6.54 Å². The summed E-state index contributed by atoms with van der Waals surface area (Å²) in [4.78, 5) is 0. The SMILES string of the molecule is Cc1cc(O)cc(C)c1C1(CN)CCC1. The molecule has 3 N–H and O–H groups in total. The number of aromatic hydroxyl groups is 1. The maximum Gasteiger partial charge on any atom is 0.116 e. The van der Waals surface area contributed by atoms with Crippen LogP contribution in [-0.2, 0) is 5.41 Å². The summed E-state index contributed by atoms with van der Waals surface area (Å²) in [5.41, 5.74) is 9.84. The Hall–Kier alpha value is -1.02. The predicted molar refractivity (Wildman–Crippen MR) is 62.2 cm³/mol. The Morgan fingerprint density at radius 3 is 2.13 bits per heavy atom. The molecule has 2 heteroatoms. The van der Waals surface area contributed by atoms with E-state index in [-0.39, 0.29) is 5.41 Å². The van der Waals surface area contributed by atoms with Gasteiger partial charge in [-0.1, -0.05) is 6.42 Å². The first-order valence-electron chi connectivity index (χ1n) is 5.60. The van der Waals surface area contributed by atoms with Crippen LogP contribution < -0.4 is 5.73 Å². The van der Waals surface area contributed by atoms with Gasteiger partial charge in [0.15, 0.2) is 0 Å². The minimum absolute atomic E-state index is 0.196. The van der Waals surface area contributed by atoms with E-state index in [4.69, 9.17) is 5.73 Å². The Morgan fingerprint density at radius 1 is 1.27 bits per heavy atom. The van der Waals surface area contributed by atoms with Crippen molar-refractivity contribution in [1.82, 2.24) is 0 Å². The van der Waals surface area contributed by atoms with Crippen LogP contribution in [0.4, 0.5) is 0 Å². The fourth-order valence-electron chi connectivity index (χ4n) is 2.94. The Balaban J connectivity index is 2.52. The highest BCUT2D eigenvalue weighted by Crippen LogP contribution is 2.46. The third kappa shape index (κ3) is 1.53. The molecule has 0 aromatic heterocycles. The largest absolute Gasteiger partial charge is 0.508 e. The summed E-state index contributed by atoms with van der Waals surface area (Å²) in [6.45, 7) is 4.86. The Labute approximate surface area is 91.1 Å². The molecule has 82 valence electrons. The molecule has 0 unspecified atom stereocenters. The van der Waals surface area contributed by atoms with Crippen molar-refractivity contribution in [3.05, 3.63) is 28.8 Å². The smallest absolute Gasteiger partial charge is 0.116 e. The summed E-state index contributed by atoms with van der Waals surface area (Å²) in [5, 5.41) is 9.52. The summed E-state index contributed by atoms with van der Waals surface area (Å²) >= 11 is 0. The number of hydrogen-bond acceptors (Lipinski definition) is 2. The van der Waals surface area contributed by atoms with Crippen molar-refractivity contribution in [3.8, 4) is 5.75 Å². The molecule has 0 amide bonds. The first-order chi connectivity index (χ1) is 7.09. The summed E-state index contributed by atoms with van der Waals surface area (Å²) in [6, 6.07) is 3.69. The van der Waals surface area contributed by atoms with Crippen LogP contribution in [0.2, 0.25) is 0 Å². The van der Waals surface area contributed by atoms with Crippen LogP contribution in [0.3, 0.4) is 0 Å². The summed E-state index contributed by atoms with van der Waals surface area (Å²) < 4.78 is 0. The molecule has 0 aliphatic heterocycles. The van der Waals surface area contributed by atoms with E-state index in [1.807, 2.05) is 12.1 Å². The van der Waals surface area contributed by atoms with E-state index in [1.165, 1.54) is 36.0 Å². The molecule has 1 fully saturated rings. The second-order valence-corrected chi connectivity index (χ2v) is 4.79. The van der Waals surface area contributed by atoms with Crippen molar-refractivity contribution in [2.75, 3.05) is 6.54 Å². The van der Waals surface area contributed by atoms with E-state index < -0.39 is 0 Å². The van der Waals surface area contributed by atoms with Gasteiger partial charge in [-0.05, 0) is 55.5 Å². The van der Waals surface area contributed by atoms with Crippen LogP contribution in [0.1, 0.15) is 36.0 Å². The molecule has 0 heterocycles. The van der Waals surface area contributed by atoms with Gasteiger partial charge in [-0.3, -0.25) is 0 Å². The quantitative estimate of drug-likeness (QED) is 0.778. The van der Waals surface area contributed by atoms with Crippen LogP contribution in [0.5, 0.6) is 5.75 Å². The van der Waals surface area contributed by atoms with Crippen LogP contribution in [0.15, 0.2) is 12.1 Å². The number of rotatable bonds is 2. The number of hydrogen-bond donors (Lipinski definition) is 2. The summed E-state index contributed by atoms with van der Waals surface area (Å²) in [7, 11) is 0. The van der Waals surface area contributed by atoms with Crippen molar-refractivity contribution in [2.45, 2.75) is 38.5 Å². The van der Waals surface area contributed by atoms with Gasteiger partial charge in [0.2, 0.25) is 0 Å². The topological polar surface area (TPSA) is 46.2 Å². The van der Waals surface area contributed by atoms with Gasteiger partial charge in [0.1, 0.15) is 5.75 Å². The molecule has 15 heavy (non-hydrogen) atoms. The minimum atomic E-state index is 0.196. The molecule has 0 saturated heterocycles. The Kier molecular flexibility index (Phi) is 2.47. The molecule has 1 aliphatic rings. The van der Waals surface area contributed by atoms with Gasteiger partial charge >= 0.3 is 0 Å². The molecule has 1 aliphatic carbocycles. The van der Waals surface area contributed by atoms with E-state index in [0.29, 0.717) is 5.75 Å². The van der Waals surface area contributed by atoms with Gasteiger partial charge < -0.3 is 10.8 Å². The monoisotopic (exact) mass is 205 g/mol. The standard InChI is InChI=1S/C13H19NO/c1-9-6-11(15)7-10(2)12(9)13(8-14)4-3-5-13/h6-7,15H,3-5,8,14H2,1-2H3. The van der Waals surface area contributed by atoms with Gasteiger partial charge in [-0.15, -0.1) is 0 Å². The molecule has 1 aromatic rings. The summed E-state index contributed by atoms with van der Waals surface area (Å²) in [6.07, 6.45) is 3.66. The average molecular weight is 205 g/mol. The Morgan fingerprint density at radius 2 is 1.80 bits per heavy atom. The van der Waals surface area contributed by atoms with E-state index >= 15 is 0 Å². The van der Waals surface area contributed by atoms with Crippen LogP contribution in [-0.4, -0.2) is 11.7 Å². The zero-order valence-electron chi connectivity index (χ0n) is 9.51. The molecular formula is C13H19NO. The second kappa shape index (κ2) is 3.53. The Bertz CT molecular complexity index is 352. The zero-order chi connectivity index (χ0) is 11.1. The number of phenols is 1. The number of aryl methyl sites for hydroxylation is 2. The third-order valence-electron chi connectivity index (χ3n) is 3.75. The minimum Gasteiger partial charge on any atom is -0.508 e. The van der Waals surface area contributed by atoms with Crippen LogP contribution in [0, 0.1) is 13.8 Å². The molecule has 0 spiro atoms. The number of benzene rings is 1. The molecule has 1 aromatic carbocycles. The molecule has 0 bridgehead atoms. The van der Waals surface area contributed by atoms with Gasteiger partial charge in [0.25, 0.3) is 0 Å². The van der Waals surface area contributed by atoms with Crippen LogP contribution >= 0.6 is 0 Å². The maximum absolute atomic E-state index is 9.52. The molecule has 1 saturated carbocycles. The van der Waals surface area contributed by atoms with Gasteiger partial charge in [0, 0.05) is 12.0 Å². The van der Waals surface area contributed by atoms with E-state index in [2.05, 4.69) is 13.8 Å². The lowest BCUT2D eigenvalue weighted by Gasteiger charge is -2.43. The highest BCUT2D eigenvalue weighted by molar-refractivity contribution is 5.46. The van der Waals surface area contributed by atoms with Crippen molar-refractivity contribution in [3.63, 3.8) is 0 Å². The lowest BCUT2D eigenvalue weighted by atomic mass is 9.62. The zero-order valence-corrected chi connectivity index (χ0v) is 9.51. The van der Waals surface area contributed by atoms with Crippen molar-refractivity contribution < 1.29 is 5.11 Å². The van der Waals surface area contributed by atoms with Gasteiger partial charge in [-0.25, -0.2) is 0 Å². The average Bonchev–Trinajstić information content (AvgIpc) is 2.07. The molecule has 0 radical (unpaired) electrons. The maximum atomic E-state index is 9.52. The first-order valence-corrected chi connectivity index (χ1v) is 5.60. The van der Waals surface area contributed by atoms with Crippen molar-refractivity contribution >= 4 is 0 Å². The van der Waals surface area contributed by atoms with Crippen molar-refractivity contribution in [1.29, 1.82) is 0 Å². The molecule has 2 rings (SSSR count). The van der Waals surface area contributed by atoms with Gasteiger partial charge in [-0.2, -0.15) is 0 Å². The van der Waals surface area contributed by atoms with E-state index in [9.17, 15) is 5.11 Å². The fourth-order valence-corrected chi connectivity index (χ4v) is 2.94.